The van der Waals surface area contributed by atoms with Gasteiger partial charge in [-0.3, -0.25) is 14.9 Å². The molecule has 4 rings (SSSR count). The van der Waals surface area contributed by atoms with Crippen molar-refractivity contribution in [2.75, 3.05) is 5.73 Å². The standard InChI is InChI=1S/C20H21N7O/c1-27-10-7-16(26-27)17(28)25-18(21)20(8-2-9-20)15-5-3-13(4-6-15)14-11-23-19(22)24-12-14/h3-7,10-12H,2,8-9H2,1H3,(H2,21,25,28)(H2,22,23,24). The fourth-order valence-electron chi connectivity index (χ4n) is 3.52. The minimum atomic E-state index is -0.458. The van der Waals surface area contributed by atoms with E-state index in [0.29, 0.717) is 5.69 Å². The molecule has 142 valence electrons. The summed E-state index contributed by atoms with van der Waals surface area (Å²) in [5, 5.41) is 15.4. The van der Waals surface area contributed by atoms with Crippen LogP contribution in [-0.4, -0.2) is 31.5 Å². The zero-order chi connectivity index (χ0) is 19.7. The van der Waals surface area contributed by atoms with Gasteiger partial charge in [-0.25, -0.2) is 9.97 Å². The quantitative estimate of drug-likeness (QED) is 0.477. The average molecular weight is 375 g/mol. The Morgan fingerprint density at radius 3 is 2.36 bits per heavy atom. The van der Waals surface area contributed by atoms with Crippen LogP contribution in [0, 0.1) is 5.41 Å². The highest BCUT2D eigenvalue weighted by Crippen LogP contribution is 2.44. The van der Waals surface area contributed by atoms with Crippen molar-refractivity contribution in [1.82, 2.24) is 25.1 Å². The van der Waals surface area contributed by atoms with Gasteiger partial charge in [0.2, 0.25) is 5.95 Å². The number of amides is 1. The van der Waals surface area contributed by atoms with Crippen molar-refractivity contribution in [2.24, 2.45) is 7.05 Å². The van der Waals surface area contributed by atoms with E-state index in [4.69, 9.17) is 11.1 Å². The molecule has 2 aromatic heterocycles. The minimum Gasteiger partial charge on any atom is -0.368 e. The van der Waals surface area contributed by atoms with Crippen molar-refractivity contribution >= 4 is 17.7 Å². The predicted octanol–water partition coefficient (Wildman–Crippen LogP) is 2.29. The summed E-state index contributed by atoms with van der Waals surface area (Å²) in [6.45, 7) is 0. The summed E-state index contributed by atoms with van der Waals surface area (Å²) < 4.78 is 1.57. The fourth-order valence-corrected chi connectivity index (χ4v) is 3.52. The number of nitrogens with two attached hydrogens (primary N) is 1. The summed E-state index contributed by atoms with van der Waals surface area (Å²) >= 11 is 0. The molecule has 1 aromatic carbocycles. The summed E-state index contributed by atoms with van der Waals surface area (Å²) in [5.41, 5.74) is 8.26. The number of carbonyl (C=O) groups excluding carboxylic acids is 1. The maximum Gasteiger partial charge on any atom is 0.277 e. The number of aryl methyl sites for hydroxylation is 1. The maximum absolute atomic E-state index is 12.4. The van der Waals surface area contributed by atoms with Crippen LogP contribution in [0.5, 0.6) is 0 Å². The van der Waals surface area contributed by atoms with Gasteiger partial charge in [0.05, 0.1) is 5.41 Å². The summed E-state index contributed by atoms with van der Waals surface area (Å²) in [5.74, 6) is 0.108. The molecule has 4 N–H and O–H groups in total. The van der Waals surface area contributed by atoms with Crippen LogP contribution >= 0.6 is 0 Å². The predicted molar refractivity (Wildman–Crippen MR) is 106 cm³/mol. The Labute approximate surface area is 162 Å². The highest BCUT2D eigenvalue weighted by Gasteiger charge is 2.43. The van der Waals surface area contributed by atoms with Gasteiger partial charge in [0.1, 0.15) is 5.84 Å². The molecular formula is C20H21N7O. The van der Waals surface area contributed by atoms with E-state index in [2.05, 4.69) is 20.4 Å². The van der Waals surface area contributed by atoms with Gasteiger partial charge in [-0.2, -0.15) is 5.10 Å². The molecule has 0 atom stereocenters. The Balaban J connectivity index is 1.54. The minimum absolute atomic E-state index is 0.220. The molecule has 1 saturated carbocycles. The van der Waals surface area contributed by atoms with E-state index >= 15 is 0 Å². The van der Waals surface area contributed by atoms with E-state index in [1.807, 2.05) is 24.3 Å². The molecule has 1 aliphatic rings. The van der Waals surface area contributed by atoms with Crippen LogP contribution in [0.1, 0.15) is 35.3 Å². The third-order valence-corrected chi connectivity index (χ3v) is 5.31. The van der Waals surface area contributed by atoms with Gasteiger partial charge < -0.3 is 11.1 Å². The van der Waals surface area contributed by atoms with Crippen molar-refractivity contribution in [3.8, 4) is 11.1 Å². The summed E-state index contributed by atoms with van der Waals surface area (Å²) in [7, 11) is 1.75. The molecule has 1 fully saturated rings. The first-order chi connectivity index (χ1) is 13.5. The molecule has 0 spiro atoms. The third kappa shape index (κ3) is 3.13. The Morgan fingerprint density at radius 2 is 1.82 bits per heavy atom. The van der Waals surface area contributed by atoms with Crippen molar-refractivity contribution in [3.05, 3.63) is 60.2 Å². The van der Waals surface area contributed by atoms with Gasteiger partial charge in [-0.1, -0.05) is 30.7 Å². The molecule has 0 bridgehead atoms. The summed E-state index contributed by atoms with van der Waals surface area (Å²) in [4.78, 5) is 20.4. The average Bonchev–Trinajstić information content (AvgIpc) is 3.09. The Bertz CT molecular complexity index is 1020. The molecule has 1 aliphatic carbocycles. The highest BCUT2D eigenvalue weighted by molar-refractivity contribution is 6.08. The molecule has 8 heteroatoms. The molecule has 0 aliphatic heterocycles. The van der Waals surface area contributed by atoms with Crippen LogP contribution in [0.3, 0.4) is 0 Å². The van der Waals surface area contributed by atoms with Crippen LogP contribution < -0.4 is 11.1 Å². The molecule has 1 amide bonds. The lowest BCUT2D eigenvalue weighted by atomic mass is 9.63. The van der Waals surface area contributed by atoms with Gasteiger partial charge in [-0.15, -0.1) is 0 Å². The van der Waals surface area contributed by atoms with Crippen LogP contribution in [0.25, 0.3) is 11.1 Å². The Hall–Kier alpha value is -3.55. The van der Waals surface area contributed by atoms with Gasteiger partial charge in [-0.05, 0) is 30.0 Å². The number of nitrogens with one attached hydrogen (secondary N) is 2. The molecule has 28 heavy (non-hydrogen) atoms. The highest BCUT2D eigenvalue weighted by atomic mass is 16.2. The van der Waals surface area contributed by atoms with Crippen molar-refractivity contribution in [1.29, 1.82) is 5.41 Å². The first-order valence-electron chi connectivity index (χ1n) is 9.06. The third-order valence-electron chi connectivity index (χ3n) is 5.31. The second-order valence-corrected chi connectivity index (χ2v) is 7.05. The number of aromatic nitrogens is 4. The van der Waals surface area contributed by atoms with Crippen molar-refractivity contribution < 1.29 is 4.79 Å². The first-order valence-corrected chi connectivity index (χ1v) is 9.06. The maximum atomic E-state index is 12.4. The Kier molecular flexibility index (Phi) is 4.38. The van der Waals surface area contributed by atoms with Gasteiger partial charge in [0, 0.05) is 31.2 Å². The second-order valence-electron chi connectivity index (χ2n) is 7.05. The number of anilines is 1. The second kappa shape index (κ2) is 6.88. The smallest absolute Gasteiger partial charge is 0.277 e. The number of nitrogens with zero attached hydrogens (tertiary/aromatic N) is 4. The van der Waals surface area contributed by atoms with E-state index < -0.39 is 5.41 Å². The fraction of sp³-hybridized carbons (Fsp3) is 0.250. The largest absolute Gasteiger partial charge is 0.368 e. The lowest BCUT2D eigenvalue weighted by Gasteiger charge is -2.42. The number of amidine groups is 1. The normalized spacial score (nSPS) is 14.9. The molecule has 2 heterocycles. The number of rotatable bonds is 4. The zero-order valence-corrected chi connectivity index (χ0v) is 15.5. The van der Waals surface area contributed by atoms with Crippen molar-refractivity contribution in [2.45, 2.75) is 24.7 Å². The number of hydrogen-bond donors (Lipinski definition) is 3. The van der Waals surface area contributed by atoms with Gasteiger partial charge in [0.15, 0.2) is 5.69 Å². The van der Waals surface area contributed by atoms with Crippen LogP contribution in [0.2, 0.25) is 0 Å². The van der Waals surface area contributed by atoms with E-state index in [-0.39, 0.29) is 17.7 Å². The van der Waals surface area contributed by atoms with Gasteiger partial charge in [0.25, 0.3) is 5.91 Å². The topological polar surface area (TPSA) is 123 Å². The van der Waals surface area contributed by atoms with Crippen LogP contribution in [0.15, 0.2) is 48.9 Å². The molecule has 0 unspecified atom stereocenters. The molecule has 0 radical (unpaired) electrons. The van der Waals surface area contributed by atoms with Crippen molar-refractivity contribution in [3.63, 3.8) is 0 Å². The summed E-state index contributed by atoms with van der Waals surface area (Å²) in [6, 6.07) is 9.62. The Morgan fingerprint density at radius 1 is 1.14 bits per heavy atom. The van der Waals surface area contributed by atoms with E-state index in [9.17, 15) is 4.79 Å². The van der Waals surface area contributed by atoms with Crippen LogP contribution in [0.4, 0.5) is 5.95 Å². The zero-order valence-electron chi connectivity index (χ0n) is 15.5. The molecule has 3 aromatic rings. The number of nitrogen functional groups attached to an aromatic ring is 1. The number of carbonyl (C=O) groups is 1. The van der Waals surface area contributed by atoms with E-state index in [1.54, 1.807) is 36.4 Å². The number of benzene rings is 1. The molecule has 0 saturated heterocycles. The lowest BCUT2D eigenvalue weighted by Crippen LogP contribution is -2.50. The molecular weight excluding hydrogens is 354 g/mol. The first kappa shape index (κ1) is 17.8. The summed E-state index contributed by atoms with van der Waals surface area (Å²) in [6.07, 6.45) is 7.77. The van der Waals surface area contributed by atoms with Gasteiger partial charge >= 0.3 is 0 Å². The number of hydrogen-bond acceptors (Lipinski definition) is 6. The van der Waals surface area contributed by atoms with Crippen LogP contribution in [-0.2, 0) is 12.5 Å². The lowest BCUT2D eigenvalue weighted by molar-refractivity contribution is 0.0966. The monoisotopic (exact) mass is 375 g/mol. The van der Waals surface area contributed by atoms with E-state index in [0.717, 1.165) is 36.0 Å². The van der Waals surface area contributed by atoms with E-state index in [1.165, 1.54) is 0 Å². The molecule has 8 nitrogen and oxygen atoms in total. The SMILES string of the molecule is Cn1ccc(C(=O)NC(=N)C2(c3ccc(-c4cnc(N)nc4)cc3)CCC2)n1.